The third-order valence-electron chi connectivity index (χ3n) is 2.88. The minimum atomic E-state index is -0.219. The summed E-state index contributed by atoms with van der Waals surface area (Å²) in [5, 5.41) is 13.4. The van der Waals surface area contributed by atoms with Gasteiger partial charge in [-0.25, -0.2) is 9.97 Å². The number of para-hydroxylation sites is 1. The standard InChI is InChI=1S/C14H12N4O2/c1-9(19)16-13-7-11(18-6-5-15-8-18)10-3-2-4-12(20)14(10)17-13/h2-8,20H,1H3,(H,16,17,19). The number of fused-ring (bicyclic) bond motifs is 1. The fourth-order valence-corrected chi connectivity index (χ4v) is 2.08. The number of carbonyl (C=O) groups excluding carboxylic acids is 1. The SMILES string of the molecule is CC(=O)Nc1cc(-n2ccnc2)c2cccc(O)c2n1. The molecular formula is C14H12N4O2. The number of nitrogens with zero attached hydrogens (tertiary/aromatic N) is 3. The van der Waals surface area contributed by atoms with E-state index < -0.39 is 0 Å². The van der Waals surface area contributed by atoms with Crippen molar-refractivity contribution >= 4 is 22.6 Å². The van der Waals surface area contributed by atoms with E-state index in [1.54, 1.807) is 41.5 Å². The average molecular weight is 268 g/mol. The summed E-state index contributed by atoms with van der Waals surface area (Å²) in [6.07, 6.45) is 5.10. The van der Waals surface area contributed by atoms with E-state index in [0.717, 1.165) is 11.1 Å². The maximum Gasteiger partial charge on any atom is 0.222 e. The van der Waals surface area contributed by atoms with Gasteiger partial charge in [-0.1, -0.05) is 12.1 Å². The van der Waals surface area contributed by atoms with Gasteiger partial charge >= 0.3 is 0 Å². The van der Waals surface area contributed by atoms with E-state index in [-0.39, 0.29) is 11.7 Å². The van der Waals surface area contributed by atoms with Crippen molar-refractivity contribution < 1.29 is 9.90 Å². The fraction of sp³-hybridized carbons (Fsp3) is 0.0714. The van der Waals surface area contributed by atoms with E-state index in [9.17, 15) is 9.90 Å². The van der Waals surface area contributed by atoms with Gasteiger partial charge in [0.2, 0.25) is 5.91 Å². The minimum Gasteiger partial charge on any atom is -0.506 e. The van der Waals surface area contributed by atoms with Gasteiger partial charge in [0.05, 0.1) is 12.0 Å². The van der Waals surface area contributed by atoms with Crippen LogP contribution in [0, 0.1) is 0 Å². The zero-order chi connectivity index (χ0) is 14.1. The van der Waals surface area contributed by atoms with E-state index in [1.165, 1.54) is 6.92 Å². The Morgan fingerprint density at radius 2 is 2.25 bits per heavy atom. The number of amides is 1. The van der Waals surface area contributed by atoms with Crippen LogP contribution in [0.25, 0.3) is 16.6 Å². The molecule has 3 aromatic rings. The molecule has 0 atom stereocenters. The number of phenols is 1. The van der Waals surface area contributed by atoms with Crippen molar-refractivity contribution in [3.05, 3.63) is 43.0 Å². The van der Waals surface area contributed by atoms with Gasteiger partial charge in [-0.05, 0) is 6.07 Å². The summed E-state index contributed by atoms with van der Waals surface area (Å²) >= 11 is 0. The lowest BCUT2D eigenvalue weighted by Crippen LogP contribution is -2.08. The number of hydrogen-bond donors (Lipinski definition) is 2. The predicted octanol–water partition coefficient (Wildman–Crippen LogP) is 2.08. The molecule has 3 rings (SSSR count). The molecule has 0 aliphatic rings. The minimum absolute atomic E-state index is 0.0658. The second-order valence-electron chi connectivity index (χ2n) is 4.35. The number of rotatable bonds is 2. The second kappa shape index (κ2) is 4.65. The van der Waals surface area contributed by atoms with Crippen molar-refractivity contribution in [1.82, 2.24) is 14.5 Å². The number of imidazole rings is 1. The molecule has 0 saturated carbocycles. The van der Waals surface area contributed by atoms with Crippen LogP contribution in [0.2, 0.25) is 0 Å². The lowest BCUT2D eigenvalue weighted by atomic mass is 10.1. The molecule has 2 N–H and O–H groups in total. The Hall–Kier alpha value is -2.89. The van der Waals surface area contributed by atoms with Crippen molar-refractivity contribution in [2.75, 3.05) is 5.32 Å². The maximum atomic E-state index is 11.2. The molecule has 0 saturated heterocycles. The molecule has 0 bridgehead atoms. The Bertz CT molecular complexity index is 781. The van der Waals surface area contributed by atoms with Crippen LogP contribution in [0.5, 0.6) is 5.75 Å². The summed E-state index contributed by atoms with van der Waals surface area (Å²) in [7, 11) is 0. The second-order valence-corrected chi connectivity index (χ2v) is 4.35. The van der Waals surface area contributed by atoms with Gasteiger partial charge in [0.15, 0.2) is 0 Å². The summed E-state index contributed by atoms with van der Waals surface area (Å²) in [4.78, 5) is 19.5. The van der Waals surface area contributed by atoms with Crippen molar-refractivity contribution in [3.63, 3.8) is 0 Å². The Balaban J connectivity index is 2.30. The third-order valence-corrected chi connectivity index (χ3v) is 2.88. The normalized spacial score (nSPS) is 10.7. The van der Waals surface area contributed by atoms with Crippen molar-refractivity contribution in [1.29, 1.82) is 0 Å². The number of benzene rings is 1. The molecule has 0 radical (unpaired) electrons. The van der Waals surface area contributed by atoms with E-state index >= 15 is 0 Å². The highest BCUT2D eigenvalue weighted by Crippen LogP contribution is 2.29. The monoisotopic (exact) mass is 268 g/mol. The number of pyridine rings is 1. The van der Waals surface area contributed by atoms with Crippen LogP contribution >= 0.6 is 0 Å². The van der Waals surface area contributed by atoms with E-state index in [4.69, 9.17) is 0 Å². The molecule has 0 unspecified atom stereocenters. The van der Waals surface area contributed by atoms with E-state index in [0.29, 0.717) is 11.3 Å². The lowest BCUT2D eigenvalue weighted by Gasteiger charge is -2.11. The van der Waals surface area contributed by atoms with Gasteiger partial charge in [-0.3, -0.25) is 4.79 Å². The van der Waals surface area contributed by atoms with Crippen LogP contribution in [-0.4, -0.2) is 25.5 Å². The Morgan fingerprint density at radius 3 is 2.95 bits per heavy atom. The summed E-state index contributed by atoms with van der Waals surface area (Å²) in [5.41, 5.74) is 1.22. The van der Waals surface area contributed by atoms with Crippen LogP contribution in [0.1, 0.15) is 6.92 Å². The number of aromatic hydroxyl groups is 1. The molecule has 1 aromatic carbocycles. The highest BCUT2D eigenvalue weighted by Gasteiger charge is 2.11. The zero-order valence-electron chi connectivity index (χ0n) is 10.7. The molecule has 6 nitrogen and oxygen atoms in total. The Kier molecular flexibility index (Phi) is 2.83. The molecule has 100 valence electrons. The molecule has 20 heavy (non-hydrogen) atoms. The average Bonchev–Trinajstić information content (AvgIpc) is 2.92. The summed E-state index contributed by atoms with van der Waals surface area (Å²) < 4.78 is 1.80. The highest BCUT2D eigenvalue weighted by atomic mass is 16.3. The number of hydrogen-bond acceptors (Lipinski definition) is 4. The fourth-order valence-electron chi connectivity index (χ4n) is 2.08. The maximum absolute atomic E-state index is 11.2. The topological polar surface area (TPSA) is 80.0 Å². The Labute approximate surface area is 114 Å². The lowest BCUT2D eigenvalue weighted by molar-refractivity contribution is -0.114. The zero-order valence-corrected chi connectivity index (χ0v) is 10.7. The first-order valence-electron chi connectivity index (χ1n) is 6.04. The predicted molar refractivity (Wildman–Crippen MR) is 74.8 cm³/mol. The number of anilines is 1. The summed E-state index contributed by atoms with van der Waals surface area (Å²) in [6.45, 7) is 1.41. The summed E-state index contributed by atoms with van der Waals surface area (Å²) in [6, 6.07) is 6.90. The molecular weight excluding hydrogens is 256 g/mol. The van der Waals surface area contributed by atoms with Crippen LogP contribution in [0.15, 0.2) is 43.0 Å². The van der Waals surface area contributed by atoms with Gasteiger partial charge < -0.3 is 15.0 Å². The molecule has 6 heteroatoms. The first-order valence-corrected chi connectivity index (χ1v) is 6.04. The van der Waals surface area contributed by atoms with Gasteiger partial charge in [0, 0.05) is 30.8 Å². The Morgan fingerprint density at radius 1 is 1.40 bits per heavy atom. The molecule has 0 spiro atoms. The van der Waals surface area contributed by atoms with E-state index in [1.807, 2.05) is 6.07 Å². The number of phenolic OH excluding ortho intramolecular Hbond substituents is 1. The first kappa shape index (κ1) is 12.2. The van der Waals surface area contributed by atoms with Crippen LogP contribution < -0.4 is 5.32 Å². The molecule has 2 heterocycles. The largest absolute Gasteiger partial charge is 0.506 e. The molecule has 1 amide bonds. The first-order chi connectivity index (χ1) is 9.65. The van der Waals surface area contributed by atoms with Gasteiger partial charge in [0.1, 0.15) is 17.1 Å². The van der Waals surface area contributed by atoms with Crippen LogP contribution in [0.3, 0.4) is 0 Å². The smallest absolute Gasteiger partial charge is 0.222 e. The van der Waals surface area contributed by atoms with Gasteiger partial charge in [-0.15, -0.1) is 0 Å². The molecule has 0 aliphatic heterocycles. The molecule has 0 fully saturated rings. The number of carbonyl (C=O) groups is 1. The van der Waals surface area contributed by atoms with Gasteiger partial charge in [0.25, 0.3) is 0 Å². The molecule has 2 aromatic heterocycles. The van der Waals surface area contributed by atoms with Crippen LogP contribution in [-0.2, 0) is 4.79 Å². The van der Waals surface area contributed by atoms with Crippen molar-refractivity contribution in [3.8, 4) is 11.4 Å². The van der Waals surface area contributed by atoms with Crippen LogP contribution in [0.4, 0.5) is 5.82 Å². The molecule has 0 aliphatic carbocycles. The highest BCUT2D eigenvalue weighted by molar-refractivity contribution is 5.95. The summed E-state index contributed by atoms with van der Waals surface area (Å²) in [5.74, 6) is 0.232. The van der Waals surface area contributed by atoms with Crippen molar-refractivity contribution in [2.24, 2.45) is 0 Å². The number of aromatic nitrogens is 3. The van der Waals surface area contributed by atoms with Crippen molar-refractivity contribution in [2.45, 2.75) is 6.92 Å². The van der Waals surface area contributed by atoms with E-state index in [2.05, 4.69) is 15.3 Å². The quantitative estimate of drug-likeness (QED) is 0.745. The van der Waals surface area contributed by atoms with Gasteiger partial charge in [-0.2, -0.15) is 0 Å². The third kappa shape index (κ3) is 2.07. The number of nitrogens with one attached hydrogen (secondary N) is 1.